The highest BCUT2D eigenvalue weighted by molar-refractivity contribution is 8.13. The molecule has 0 aliphatic heterocycles. The SMILES string of the molecule is N#Cc1cnc(F)c(C(F)F)c1S(=O)(=O)Cl. The van der Waals surface area contributed by atoms with Crippen LogP contribution >= 0.6 is 10.7 Å². The van der Waals surface area contributed by atoms with Crippen molar-refractivity contribution in [2.24, 2.45) is 0 Å². The van der Waals surface area contributed by atoms with Crippen LogP contribution < -0.4 is 0 Å². The summed E-state index contributed by atoms with van der Waals surface area (Å²) in [6.07, 6.45) is -2.92. The van der Waals surface area contributed by atoms with Crippen molar-refractivity contribution < 1.29 is 21.6 Å². The minimum absolute atomic E-state index is 0.524. The topological polar surface area (TPSA) is 70.8 Å². The van der Waals surface area contributed by atoms with Crippen LogP contribution in [-0.4, -0.2) is 13.4 Å². The van der Waals surface area contributed by atoms with Crippen molar-refractivity contribution in [1.82, 2.24) is 4.98 Å². The molecule has 1 rings (SSSR count). The van der Waals surface area contributed by atoms with E-state index in [1.54, 1.807) is 0 Å². The number of hydrogen-bond donors (Lipinski definition) is 0. The molecule has 0 fully saturated rings. The fraction of sp³-hybridized carbons (Fsp3) is 0.143. The molecule has 86 valence electrons. The van der Waals surface area contributed by atoms with Crippen LogP contribution in [0.1, 0.15) is 17.6 Å². The number of alkyl halides is 2. The highest BCUT2D eigenvalue weighted by Crippen LogP contribution is 2.32. The molecular formula is C7H2ClF3N2O2S. The third-order valence-electron chi connectivity index (χ3n) is 1.60. The molecule has 0 spiro atoms. The van der Waals surface area contributed by atoms with Crippen LogP contribution in [0.5, 0.6) is 0 Å². The minimum Gasteiger partial charge on any atom is -0.226 e. The number of hydrogen-bond acceptors (Lipinski definition) is 4. The number of rotatable bonds is 2. The van der Waals surface area contributed by atoms with Gasteiger partial charge in [-0.2, -0.15) is 9.65 Å². The summed E-state index contributed by atoms with van der Waals surface area (Å²) in [5, 5.41) is 8.50. The molecule has 4 nitrogen and oxygen atoms in total. The van der Waals surface area contributed by atoms with Gasteiger partial charge in [-0.15, -0.1) is 0 Å². The Morgan fingerprint density at radius 1 is 1.50 bits per heavy atom. The molecule has 0 saturated carbocycles. The van der Waals surface area contributed by atoms with E-state index in [4.69, 9.17) is 15.9 Å². The standard InChI is InChI=1S/C7H2ClF3N2O2S/c8-16(14,15)5-3(1-12)2-13-7(11)4(5)6(9)10/h2,6H. The highest BCUT2D eigenvalue weighted by atomic mass is 35.7. The van der Waals surface area contributed by atoms with Crippen molar-refractivity contribution in [2.45, 2.75) is 11.3 Å². The molecule has 0 unspecified atom stereocenters. The van der Waals surface area contributed by atoms with E-state index in [2.05, 4.69) is 4.98 Å². The van der Waals surface area contributed by atoms with Crippen molar-refractivity contribution >= 4 is 19.7 Å². The maximum absolute atomic E-state index is 12.9. The van der Waals surface area contributed by atoms with E-state index in [0.29, 0.717) is 6.20 Å². The van der Waals surface area contributed by atoms with Gasteiger partial charge in [-0.05, 0) is 0 Å². The molecule has 0 aromatic carbocycles. The Bertz CT molecular complexity index is 568. The number of nitriles is 1. The molecule has 0 amide bonds. The van der Waals surface area contributed by atoms with E-state index in [-0.39, 0.29) is 0 Å². The molecule has 0 N–H and O–H groups in total. The van der Waals surface area contributed by atoms with Gasteiger partial charge in [-0.1, -0.05) is 0 Å². The lowest BCUT2D eigenvalue weighted by Crippen LogP contribution is -2.07. The molecule has 0 saturated heterocycles. The fourth-order valence-electron chi connectivity index (χ4n) is 1.02. The van der Waals surface area contributed by atoms with Crippen LogP contribution in [0.2, 0.25) is 0 Å². The lowest BCUT2D eigenvalue weighted by atomic mass is 10.2. The largest absolute Gasteiger partial charge is 0.269 e. The van der Waals surface area contributed by atoms with Crippen LogP contribution in [-0.2, 0) is 9.05 Å². The second-order valence-electron chi connectivity index (χ2n) is 2.56. The second-order valence-corrected chi connectivity index (χ2v) is 5.06. The van der Waals surface area contributed by atoms with Crippen molar-refractivity contribution in [3.8, 4) is 6.07 Å². The van der Waals surface area contributed by atoms with E-state index in [1.807, 2.05) is 0 Å². The van der Waals surface area contributed by atoms with Gasteiger partial charge in [0, 0.05) is 16.9 Å². The van der Waals surface area contributed by atoms with Crippen molar-refractivity contribution in [3.63, 3.8) is 0 Å². The zero-order valence-corrected chi connectivity index (χ0v) is 8.86. The molecule has 1 aromatic rings. The van der Waals surface area contributed by atoms with E-state index in [0.717, 1.165) is 0 Å². The summed E-state index contributed by atoms with van der Waals surface area (Å²) in [7, 11) is 0.203. The van der Waals surface area contributed by atoms with Gasteiger partial charge in [0.15, 0.2) is 0 Å². The van der Waals surface area contributed by atoms with Crippen molar-refractivity contribution in [2.75, 3.05) is 0 Å². The molecule has 0 aliphatic rings. The second kappa shape index (κ2) is 4.27. The van der Waals surface area contributed by atoms with E-state index in [9.17, 15) is 21.6 Å². The van der Waals surface area contributed by atoms with Gasteiger partial charge in [-0.25, -0.2) is 22.2 Å². The zero-order chi connectivity index (χ0) is 12.5. The normalized spacial score (nSPS) is 11.5. The van der Waals surface area contributed by atoms with Gasteiger partial charge in [-0.3, -0.25) is 0 Å². The first-order valence-electron chi connectivity index (χ1n) is 3.60. The van der Waals surface area contributed by atoms with Gasteiger partial charge in [0.05, 0.1) is 11.1 Å². The van der Waals surface area contributed by atoms with Crippen LogP contribution in [0.3, 0.4) is 0 Å². The lowest BCUT2D eigenvalue weighted by Gasteiger charge is -2.07. The van der Waals surface area contributed by atoms with Crippen molar-refractivity contribution in [1.29, 1.82) is 5.26 Å². The quantitative estimate of drug-likeness (QED) is 0.608. The van der Waals surface area contributed by atoms with Crippen LogP contribution in [0.4, 0.5) is 13.2 Å². The summed E-state index contributed by atoms with van der Waals surface area (Å²) < 4.78 is 59.7. The summed E-state index contributed by atoms with van der Waals surface area (Å²) in [5.41, 5.74) is -2.22. The smallest absolute Gasteiger partial charge is 0.226 e. The third-order valence-corrected chi connectivity index (χ3v) is 2.99. The lowest BCUT2D eigenvalue weighted by molar-refractivity contribution is 0.141. The Kier molecular flexibility index (Phi) is 3.40. The highest BCUT2D eigenvalue weighted by Gasteiger charge is 2.30. The van der Waals surface area contributed by atoms with E-state index >= 15 is 0 Å². The van der Waals surface area contributed by atoms with E-state index < -0.39 is 37.4 Å². The average molecular weight is 271 g/mol. The summed E-state index contributed by atoms with van der Waals surface area (Å²) >= 11 is 0. The summed E-state index contributed by atoms with van der Waals surface area (Å²) in [6.45, 7) is 0. The molecule has 0 atom stereocenters. The monoisotopic (exact) mass is 270 g/mol. The maximum atomic E-state index is 12.9. The van der Waals surface area contributed by atoms with Crippen LogP contribution in [0.25, 0.3) is 0 Å². The van der Waals surface area contributed by atoms with Gasteiger partial charge in [0.1, 0.15) is 11.0 Å². The van der Waals surface area contributed by atoms with Gasteiger partial charge in [0.25, 0.3) is 15.5 Å². The Balaban J connectivity index is 3.79. The Morgan fingerprint density at radius 2 is 2.06 bits per heavy atom. The van der Waals surface area contributed by atoms with Crippen LogP contribution in [0.15, 0.2) is 11.1 Å². The van der Waals surface area contributed by atoms with Gasteiger partial charge in [0.2, 0.25) is 5.95 Å². The average Bonchev–Trinajstić information content (AvgIpc) is 2.15. The number of nitrogens with zero attached hydrogens (tertiary/aromatic N) is 2. The molecule has 9 heteroatoms. The third kappa shape index (κ3) is 2.25. The first-order valence-corrected chi connectivity index (χ1v) is 5.91. The Morgan fingerprint density at radius 3 is 2.44 bits per heavy atom. The van der Waals surface area contributed by atoms with Crippen molar-refractivity contribution in [3.05, 3.63) is 23.3 Å². The number of halogens is 4. The molecule has 1 heterocycles. The summed E-state index contributed by atoms with van der Waals surface area (Å²) in [6, 6.07) is 1.30. The number of pyridine rings is 1. The minimum atomic E-state index is -4.65. The molecule has 0 bridgehead atoms. The van der Waals surface area contributed by atoms with E-state index in [1.165, 1.54) is 6.07 Å². The molecule has 16 heavy (non-hydrogen) atoms. The molecule has 0 aliphatic carbocycles. The first-order chi connectivity index (χ1) is 7.29. The Labute approximate surface area is 92.7 Å². The molecular weight excluding hydrogens is 269 g/mol. The first kappa shape index (κ1) is 12.7. The zero-order valence-electron chi connectivity index (χ0n) is 7.29. The van der Waals surface area contributed by atoms with Crippen LogP contribution in [0, 0.1) is 17.3 Å². The summed E-state index contributed by atoms with van der Waals surface area (Å²) in [5.74, 6) is -1.67. The maximum Gasteiger partial charge on any atom is 0.269 e. The Hall–Kier alpha value is -1.33. The predicted octanol–water partition coefficient (Wildman–Crippen LogP) is 1.96. The fourth-order valence-corrected chi connectivity index (χ4v) is 2.32. The van der Waals surface area contributed by atoms with Gasteiger partial charge < -0.3 is 0 Å². The number of aromatic nitrogens is 1. The molecule has 1 aromatic heterocycles. The summed E-state index contributed by atoms with van der Waals surface area (Å²) in [4.78, 5) is 1.62. The predicted molar refractivity (Wildman–Crippen MR) is 46.9 cm³/mol. The molecule has 0 radical (unpaired) electrons. The van der Waals surface area contributed by atoms with Gasteiger partial charge >= 0.3 is 0 Å².